The molecular weight excluding hydrogens is 276 g/mol. The highest BCUT2D eigenvalue weighted by atomic mass is 16.3. The molecule has 3 nitrogen and oxygen atoms in total. The molecule has 0 atom stereocenters. The zero-order valence-corrected chi connectivity index (χ0v) is 12.7. The van der Waals surface area contributed by atoms with Gasteiger partial charge in [0.05, 0.1) is 0 Å². The Morgan fingerprint density at radius 1 is 0.864 bits per heavy atom. The molecule has 0 unspecified atom stereocenters. The normalized spacial score (nSPS) is 11.2. The third-order valence-electron chi connectivity index (χ3n) is 3.72. The van der Waals surface area contributed by atoms with E-state index in [1.54, 1.807) is 60.7 Å². The van der Waals surface area contributed by atoms with Gasteiger partial charge in [0, 0.05) is 11.1 Å². The fourth-order valence-electron chi connectivity index (χ4n) is 2.42. The molecular formula is C19H20O3. The van der Waals surface area contributed by atoms with E-state index in [9.17, 15) is 14.7 Å². The number of hydrogen-bond acceptors (Lipinski definition) is 3. The van der Waals surface area contributed by atoms with Crippen molar-refractivity contribution in [3.8, 4) is 0 Å². The van der Waals surface area contributed by atoms with Gasteiger partial charge in [-0.3, -0.25) is 9.59 Å². The molecule has 0 saturated heterocycles. The molecule has 0 aliphatic rings. The Kier molecular flexibility index (Phi) is 5.23. The molecule has 0 aliphatic carbocycles. The summed E-state index contributed by atoms with van der Waals surface area (Å²) in [5, 5.41) is 10.9. The molecule has 0 aromatic heterocycles. The summed E-state index contributed by atoms with van der Waals surface area (Å²) in [6.07, 6.45) is 1.53. The van der Waals surface area contributed by atoms with E-state index in [1.165, 1.54) is 0 Å². The van der Waals surface area contributed by atoms with Crippen LogP contribution in [0.4, 0.5) is 0 Å². The maximum Gasteiger partial charge on any atom is 0.202 e. The van der Waals surface area contributed by atoms with Crippen molar-refractivity contribution >= 4 is 11.6 Å². The molecule has 0 fully saturated rings. The molecule has 0 heterocycles. The van der Waals surface area contributed by atoms with Crippen molar-refractivity contribution in [1.82, 2.24) is 0 Å². The lowest BCUT2D eigenvalue weighted by Gasteiger charge is -2.25. The average molecular weight is 296 g/mol. The molecule has 0 aliphatic heterocycles. The largest absolute Gasteiger partial charge is 0.374 e. The molecule has 0 bridgehead atoms. The summed E-state index contributed by atoms with van der Waals surface area (Å²) in [7, 11) is 0. The number of benzene rings is 2. The van der Waals surface area contributed by atoms with Gasteiger partial charge in [-0.05, 0) is 12.8 Å². The molecule has 0 amide bonds. The predicted octanol–water partition coefficient (Wildman–Crippen LogP) is 3.67. The van der Waals surface area contributed by atoms with E-state index < -0.39 is 17.2 Å². The van der Waals surface area contributed by atoms with Gasteiger partial charge in [0.2, 0.25) is 11.6 Å². The van der Waals surface area contributed by atoms with Crippen LogP contribution in [0, 0.1) is 0 Å². The minimum Gasteiger partial charge on any atom is -0.374 e. The van der Waals surface area contributed by atoms with E-state index in [1.807, 2.05) is 6.92 Å². The summed E-state index contributed by atoms with van der Waals surface area (Å²) < 4.78 is 0. The summed E-state index contributed by atoms with van der Waals surface area (Å²) in [5.74, 6) is -1.06. The van der Waals surface area contributed by atoms with Crippen LogP contribution < -0.4 is 0 Å². The maximum atomic E-state index is 12.7. The second-order valence-electron chi connectivity index (χ2n) is 5.35. The Bertz CT molecular complexity index is 581. The minimum absolute atomic E-state index is 0.130. The second-order valence-corrected chi connectivity index (χ2v) is 5.35. The number of carbonyl (C=O) groups excluding carboxylic acids is 2. The van der Waals surface area contributed by atoms with Crippen molar-refractivity contribution in [1.29, 1.82) is 0 Å². The van der Waals surface area contributed by atoms with Crippen LogP contribution in [-0.4, -0.2) is 22.3 Å². The molecule has 1 N–H and O–H groups in total. The SMILES string of the molecule is CCCCC(O)(C(=O)c1ccccc1)C(=O)c1ccccc1. The molecule has 0 saturated carbocycles. The van der Waals surface area contributed by atoms with Gasteiger partial charge in [-0.2, -0.15) is 0 Å². The van der Waals surface area contributed by atoms with Gasteiger partial charge in [0.15, 0.2) is 5.60 Å². The van der Waals surface area contributed by atoms with Gasteiger partial charge < -0.3 is 5.11 Å². The summed E-state index contributed by atoms with van der Waals surface area (Å²) >= 11 is 0. The lowest BCUT2D eigenvalue weighted by Crippen LogP contribution is -2.46. The van der Waals surface area contributed by atoms with Crippen LogP contribution in [0.3, 0.4) is 0 Å². The standard InChI is InChI=1S/C19H20O3/c1-2-3-14-19(22,17(20)15-10-6-4-7-11-15)18(21)16-12-8-5-9-13-16/h4-13,22H,2-3,14H2,1H3. The summed E-state index contributed by atoms with van der Waals surface area (Å²) in [6, 6.07) is 17.0. The molecule has 2 aromatic carbocycles. The Balaban J connectivity index is 2.39. The second kappa shape index (κ2) is 7.14. The zero-order chi connectivity index (χ0) is 16.0. The van der Waals surface area contributed by atoms with Gasteiger partial charge in [-0.25, -0.2) is 0 Å². The molecule has 3 heteroatoms. The lowest BCUT2D eigenvalue weighted by atomic mass is 9.82. The van der Waals surface area contributed by atoms with Crippen molar-refractivity contribution in [2.75, 3.05) is 0 Å². The first-order valence-electron chi connectivity index (χ1n) is 7.51. The smallest absolute Gasteiger partial charge is 0.202 e. The van der Waals surface area contributed by atoms with Crippen LogP contribution in [0.1, 0.15) is 46.9 Å². The molecule has 0 spiro atoms. The predicted molar refractivity (Wildman–Crippen MR) is 86.0 cm³/mol. The average Bonchev–Trinajstić information content (AvgIpc) is 2.59. The highest BCUT2D eigenvalue weighted by Crippen LogP contribution is 2.25. The quantitative estimate of drug-likeness (QED) is 0.626. The number of Topliss-reactive ketones (excluding diaryl/α,β-unsaturated/α-hetero) is 2. The number of carbonyl (C=O) groups is 2. The summed E-state index contributed by atoms with van der Waals surface area (Å²) in [5.41, 5.74) is -1.30. The van der Waals surface area contributed by atoms with Gasteiger partial charge in [-0.1, -0.05) is 74.0 Å². The summed E-state index contributed by atoms with van der Waals surface area (Å²) in [6.45, 7) is 1.96. The molecule has 2 rings (SSSR count). The molecule has 0 radical (unpaired) electrons. The highest BCUT2D eigenvalue weighted by molar-refractivity contribution is 6.22. The molecule has 114 valence electrons. The third-order valence-corrected chi connectivity index (χ3v) is 3.72. The number of unbranched alkanes of at least 4 members (excludes halogenated alkanes) is 1. The molecule has 22 heavy (non-hydrogen) atoms. The number of hydrogen-bond donors (Lipinski definition) is 1. The Morgan fingerprint density at radius 2 is 1.27 bits per heavy atom. The van der Waals surface area contributed by atoms with Crippen molar-refractivity contribution in [2.45, 2.75) is 31.8 Å². The summed E-state index contributed by atoms with van der Waals surface area (Å²) in [4.78, 5) is 25.4. The van der Waals surface area contributed by atoms with E-state index >= 15 is 0 Å². The van der Waals surface area contributed by atoms with Crippen molar-refractivity contribution in [3.63, 3.8) is 0 Å². The van der Waals surface area contributed by atoms with Gasteiger partial charge in [0.25, 0.3) is 0 Å². The van der Waals surface area contributed by atoms with Gasteiger partial charge >= 0.3 is 0 Å². The number of rotatable bonds is 7. The van der Waals surface area contributed by atoms with Crippen LogP contribution in [0.25, 0.3) is 0 Å². The third kappa shape index (κ3) is 3.31. The first-order valence-corrected chi connectivity index (χ1v) is 7.51. The van der Waals surface area contributed by atoms with Gasteiger partial charge in [0.1, 0.15) is 0 Å². The first-order chi connectivity index (χ1) is 10.6. The van der Waals surface area contributed by atoms with Crippen LogP contribution in [0.2, 0.25) is 0 Å². The number of aliphatic hydroxyl groups is 1. The Hall–Kier alpha value is -2.26. The number of ketones is 2. The lowest BCUT2D eigenvalue weighted by molar-refractivity contribution is 0.0255. The van der Waals surface area contributed by atoms with Crippen LogP contribution in [-0.2, 0) is 0 Å². The first kappa shape index (κ1) is 16.1. The molecule has 2 aromatic rings. The Labute approximate surface area is 130 Å². The van der Waals surface area contributed by atoms with E-state index in [4.69, 9.17) is 0 Å². The van der Waals surface area contributed by atoms with Crippen molar-refractivity contribution in [3.05, 3.63) is 71.8 Å². The van der Waals surface area contributed by atoms with Crippen molar-refractivity contribution < 1.29 is 14.7 Å². The topological polar surface area (TPSA) is 54.4 Å². The van der Waals surface area contributed by atoms with E-state index in [-0.39, 0.29) is 6.42 Å². The van der Waals surface area contributed by atoms with E-state index in [0.717, 1.165) is 6.42 Å². The Morgan fingerprint density at radius 3 is 1.64 bits per heavy atom. The fourth-order valence-corrected chi connectivity index (χ4v) is 2.42. The zero-order valence-electron chi connectivity index (χ0n) is 12.7. The fraction of sp³-hybridized carbons (Fsp3) is 0.263. The van der Waals surface area contributed by atoms with E-state index in [0.29, 0.717) is 17.5 Å². The van der Waals surface area contributed by atoms with Crippen LogP contribution >= 0.6 is 0 Å². The van der Waals surface area contributed by atoms with Crippen LogP contribution in [0.15, 0.2) is 60.7 Å². The van der Waals surface area contributed by atoms with Crippen molar-refractivity contribution in [2.24, 2.45) is 0 Å². The monoisotopic (exact) mass is 296 g/mol. The van der Waals surface area contributed by atoms with Gasteiger partial charge in [-0.15, -0.1) is 0 Å². The van der Waals surface area contributed by atoms with E-state index in [2.05, 4.69) is 0 Å². The maximum absolute atomic E-state index is 12.7. The highest BCUT2D eigenvalue weighted by Gasteiger charge is 2.43. The minimum atomic E-state index is -2.00. The van der Waals surface area contributed by atoms with Crippen LogP contribution in [0.5, 0.6) is 0 Å².